The number of likely N-dealkylation sites (N-methyl/N-ethyl adjacent to an activating group) is 1. The van der Waals surface area contributed by atoms with Crippen molar-refractivity contribution < 1.29 is 0 Å². The molecule has 0 saturated carbocycles. The largest absolute Gasteiger partial charge is 0.299 e. The number of nitrogens with zero attached hydrogens (tertiary/aromatic N) is 5. The molecule has 3 heterocycles. The maximum absolute atomic E-state index is 4.21. The SMILES string of the molecule is CCn1nnc(C)c1CN1CCC2(CCCN2C)C1. The Morgan fingerprint density at radius 2 is 2.11 bits per heavy atom. The van der Waals surface area contributed by atoms with Gasteiger partial charge in [0.2, 0.25) is 0 Å². The van der Waals surface area contributed by atoms with Crippen molar-refractivity contribution in [1.82, 2.24) is 24.8 Å². The first-order valence-electron chi connectivity index (χ1n) is 7.47. The normalized spacial score (nSPS) is 28.8. The first-order chi connectivity index (χ1) is 9.14. The second-order valence-electron chi connectivity index (χ2n) is 6.15. The van der Waals surface area contributed by atoms with Gasteiger partial charge in [0, 0.05) is 31.7 Å². The molecule has 0 amide bonds. The number of likely N-dealkylation sites (tertiary alicyclic amines) is 2. The number of aryl methyl sites for hydroxylation is 2. The number of rotatable bonds is 3. The van der Waals surface area contributed by atoms with Crippen molar-refractivity contribution in [2.45, 2.75) is 51.7 Å². The van der Waals surface area contributed by atoms with Crippen molar-refractivity contribution in [3.05, 3.63) is 11.4 Å². The smallest absolute Gasteiger partial charge is 0.0841 e. The average Bonchev–Trinajstić information content (AvgIpc) is 3.06. The maximum atomic E-state index is 4.21. The van der Waals surface area contributed by atoms with Crippen LogP contribution in [0.1, 0.15) is 37.6 Å². The van der Waals surface area contributed by atoms with E-state index in [1.807, 2.05) is 4.68 Å². The average molecular weight is 263 g/mol. The summed E-state index contributed by atoms with van der Waals surface area (Å²) in [6.07, 6.45) is 4.04. The van der Waals surface area contributed by atoms with Crippen LogP contribution in [0, 0.1) is 6.92 Å². The van der Waals surface area contributed by atoms with Crippen LogP contribution in [0.25, 0.3) is 0 Å². The molecule has 0 bridgehead atoms. The maximum Gasteiger partial charge on any atom is 0.0841 e. The van der Waals surface area contributed by atoms with E-state index in [1.165, 1.54) is 44.6 Å². The standard InChI is InChI=1S/C14H25N5/c1-4-19-13(12(2)15-16-19)10-18-9-7-14(11-18)6-5-8-17(14)3/h4-11H2,1-3H3. The molecular formula is C14H25N5. The van der Waals surface area contributed by atoms with Crippen LogP contribution in [0.15, 0.2) is 0 Å². The van der Waals surface area contributed by atoms with E-state index in [4.69, 9.17) is 0 Å². The summed E-state index contributed by atoms with van der Waals surface area (Å²) in [5.74, 6) is 0. The van der Waals surface area contributed by atoms with Gasteiger partial charge in [-0.2, -0.15) is 0 Å². The minimum Gasteiger partial charge on any atom is -0.299 e. The Balaban J connectivity index is 1.70. The number of hydrogen-bond donors (Lipinski definition) is 0. The second kappa shape index (κ2) is 4.87. The van der Waals surface area contributed by atoms with Crippen LogP contribution in [0.2, 0.25) is 0 Å². The molecule has 2 saturated heterocycles. The lowest BCUT2D eigenvalue weighted by molar-refractivity contribution is 0.170. The Hall–Kier alpha value is -0.940. The van der Waals surface area contributed by atoms with Crippen molar-refractivity contribution in [3.63, 3.8) is 0 Å². The van der Waals surface area contributed by atoms with Crippen molar-refractivity contribution in [3.8, 4) is 0 Å². The van der Waals surface area contributed by atoms with Crippen molar-refractivity contribution in [1.29, 1.82) is 0 Å². The zero-order valence-electron chi connectivity index (χ0n) is 12.4. The molecule has 1 spiro atoms. The van der Waals surface area contributed by atoms with Gasteiger partial charge in [0.05, 0.1) is 11.4 Å². The summed E-state index contributed by atoms with van der Waals surface area (Å²) in [5, 5.41) is 8.42. The molecule has 19 heavy (non-hydrogen) atoms. The fourth-order valence-corrected chi connectivity index (χ4v) is 3.75. The summed E-state index contributed by atoms with van der Waals surface area (Å²) >= 11 is 0. The highest BCUT2D eigenvalue weighted by Crippen LogP contribution is 2.36. The van der Waals surface area contributed by atoms with E-state index < -0.39 is 0 Å². The lowest BCUT2D eigenvalue weighted by atomic mass is 9.96. The number of aromatic nitrogens is 3. The van der Waals surface area contributed by atoms with E-state index in [-0.39, 0.29) is 0 Å². The van der Waals surface area contributed by atoms with E-state index in [0.717, 1.165) is 18.8 Å². The van der Waals surface area contributed by atoms with Gasteiger partial charge in [-0.25, -0.2) is 4.68 Å². The van der Waals surface area contributed by atoms with Gasteiger partial charge in [0.25, 0.3) is 0 Å². The second-order valence-corrected chi connectivity index (χ2v) is 6.15. The molecule has 2 fully saturated rings. The molecule has 1 aromatic heterocycles. The molecule has 1 aromatic rings. The van der Waals surface area contributed by atoms with E-state index in [0.29, 0.717) is 5.54 Å². The Labute approximate surface area is 115 Å². The van der Waals surface area contributed by atoms with Crippen LogP contribution in [-0.2, 0) is 13.1 Å². The Kier molecular flexibility index (Phi) is 3.35. The van der Waals surface area contributed by atoms with Gasteiger partial charge in [-0.3, -0.25) is 9.80 Å². The van der Waals surface area contributed by atoms with Crippen LogP contribution in [0.4, 0.5) is 0 Å². The summed E-state index contributed by atoms with van der Waals surface area (Å²) in [4.78, 5) is 5.16. The summed E-state index contributed by atoms with van der Waals surface area (Å²) in [6, 6.07) is 0. The highest BCUT2D eigenvalue weighted by atomic mass is 15.4. The van der Waals surface area contributed by atoms with E-state index in [9.17, 15) is 0 Å². The van der Waals surface area contributed by atoms with Crippen molar-refractivity contribution >= 4 is 0 Å². The third kappa shape index (κ3) is 2.19. The molecular weight excluding hydrogens is 238 g/mol. The lowest BCUT2D eigenvalue weighted by Crippen LogP contribution is -2.43. The topological polar surface area (TPSA) is 37.2 Å². The molecule has 5 heteroatoms. The number of hydrogen-bond acceptors (Lipinski definition) is 4. The predicted molar refractivity (Wildman–Crippen MR) is 74.9 cm³/mol. The van der Waals surface area contributed by atoms with Crippen LogP contribution in [0.3, 0.4) is 0 Å². The molecule has 106 valence electrons. The molecule has 0 radical (unpaired) electrons. The third-order valence-corrected chi connectivity index (χ3v) is 5.06. The van der Waals surface area contributed by atoms with Gasteiger partial charge < -0.3 is 0 Å². The molecule has 0 N–H and O–H groups in total. The van der Waals surface area contributed by atoms with Gasteiger partial charge in [0.1, 0.15) is 0 Å². The third-order valence-electron chi connectivity index (χ3n) is 5.06. The Morgan fingerprint density at radius 3 is 2.79 bits per heavy atom. The summed E-state index contributed by atoms with van der Waals surface area (Å²) in [5.41, 5.74) is 2.83. The Bertz CT molecular complexity index is 455. The molecule has 1 atom stereocenters. The summed E-state index contributed by atoms with van der Waals surface area (Å²) < 4.78 is 2.04. The quantitative estimate of drug-likeness (QED) is 0.823. The Morgan fingerprint density at radius 1 is 1.26 bits per heavy atom. The summed E-state index contributed by atoms with van der Waals surface area (Å²) in [6.45, 7) is 9.80. The van der Waals surface area contributed by atoms with Gasteiger partial charge >= 0.3 is 0 Å². The van der Waals surface area contributed by atoms with E-state index in [1.54, 1.807) is 0 Å². The molecule has 2 aliphatic heterocycles. The molecule has 5 nitrogen and oxygen atoms in total. The minimum atomic E-state index is 0.457. The zero-order chi connectivity index (χ0) is 13.5. The van der Waals surface area contributed by atoms with E-state index >= 15 is 0 Å². The van der Waals surface area contributed by atoms with E-state index in [2.05, 4.69) is 41.0 Å². The summed E-state index contributed by atoms with van der Waals surface area (Å²) in [7, 11) is 2.29. The van der Waals surface area contributed by atoms with Crippen molar-refractivity contribution in [2.24, 2.45) is 0 Å². The first kappa shape index (κ1) is 13.1. The van der Waals surface area contributed by atoms with Crippen LogP contribution < -0.4 is 0 Å². The molecule has 0 aromatic carbocycles. The fourth-order valence-electron chi connectivity index (χ4n) is 3.75. The van der Waals surface area contributed by atoms with Crippen LogP contribution in [-0.4, -0.2) is 57.0 Å². The molecule has 3 rings (SSSR count). The van der Waals surface area contributed by atoms with Gasteiger partial charge in [-0.1, -0.05) is 5.21 Å². The van der Waals surface area contributed by atoms with Crippen LogP contribution in [0.5, 0.6) is 0 Å². The fraction of sp³-hybridized carbons (Fsp3) is 0.857. The highest BCUT2D eigenvalue weighted by molar-refractivity contribution is 5.10. The van der Waals surface area contributed by atoms with Gasteiger partial charge in [0.15, 0.2) is 0 Å². The van der Waals surface area contributed by atoms with Crippen molar-refractivity contribution in [2.75, 3.05) is 26.7 Å². The first-order valence-corrected chi connectivity index (χ1v) is 7.47. The van der Waals surface area contributed by atoms with Gasteiger partial charge in [-0.05, 0) is 46.7 Å². The monoisotopic (exact) mass is 263 g/mol. The van der Waals surface area contributed by atoms with Gasteiger partial charge in [-0.15, -0.1) is 5.10 Å². The molecule has 0 aliphatic carbocycles. The molecule has 2 aliphatic rings. The zero-order valence-corrected chi connectivity index (χ0v) is 12.4. The lowest BCUT2D eigenvalue weighted by Gasteiger charge is -2.32. The minimum absolute atomic E-state index is 0.457. The predicted octanol–water partition coefficient (Wildman–Crippen LogP) is 1.28. The van der Waals surface area contributed by atoms with Crippen LogP contribution >= 0.6 is 0 Å². The highest BCUT2D eigenvalue weighted by Gasteiger charge is 2.44. The molecule has 1 unspecified atom stereocenters.